The van der Waals surface area contributed by atoms with E-state index in [0.29, 0.717) is 0 Å². The Kier molecular flexibility index (Phi) is 11.7. The van der Waals surface area contributed by atoms with Crippen molar-refractivity contribution in [1.29, 1.82) is 0 Å². The molecule has 0 aliphatic rings. The Hall–Kier alpha value is 1.28. The summed E-state index contributed by atoms with van der Waals surface area (Å²) in [5, 5.41) is 0. The fraction of sp³-hybridized carbons (Fsp3) is 1.00. The van der Waals surface area contributed by atoms with Crippen molar-refractivity contribution in [3.63, 3.8) is 0 Å². The normalized spacial score (nSPS) is 16.1. The van der Waals surface area contributed by atoms with E-state index in [1.165, 1.54) is 0 Å². The summed E-state index contributed by atoms with van der Waals surface area (Å²) in [6.45, 7) is 13.0. The van der Waals surface area contributed by atoms with E-state index in [1.54, 1.807) is 0 Å². The zero-order chi connectivity index (χ0) is 14.8. The van der Waals surface area contributed by atoms with E-state index in [4.69, 9.17) is 24.7 Å². The van der Waals surface area contributed by atoms with Gasteiger partial charge in [-0.3, -0.25) is 0 Å². The van der Waals surface area contributed by atoms with Gasteiger partial charge < -0.3 is 24.7 Å². The molecule has 0 bridgehead atoms. The molecule has 0 unspecified atom stereocenters. The summed E-state index contributed by atoms with van der Waals surface area (Å²) in [5.41, 5.74) is 0. The van der Waals surface area contributed by atoms with Crippen LogP contribution in [-0.2, 0) is 24.7 Å². The van der Waals surface area contributed by atoms with Gasteiger partial charge in [0.1, 0.15) is 0 Å². The summed E-state index contributed by atoms with van der Waals surface area (Å²) in [6.07, 6.45) is 0. The van der Waals surface area contributed by atoms with Crippen LogP contribution in [0.1, 0.15) is 0 Å². The number of rotatable bonds is 12. The molecule has 19 heavy (non-hydrogen) atoms. The molecule has 0 atom stereocenters. The van der Waals surface area contributed by atoms with Crippen LogP contribution in [0.3, 0.4) is 0 Å². The molecule has 13 heteroatoms. The second kappa shape index (κ2) is 10.9. The monoisotopic (exact) mass is 392 g/mol. The predicted octanol–water partition coefficient (Wildman–Crippen LogP) is -2.25. The molecule has 0 saturated carbocycles. The standard InChI is InChI=1S/C6H28O6Si7/c1-18(2,3)11-16-9-14-7-13-8-15-10-17-12-19(4,5)6/h13-17H2,1-6H3. The molecule has 0 aromatic carbocycles. The van der Waals surface area contributed by atoms with Crippen LogP contribution in [0.2, 0.25) is 39.3 Å². The highest BCUT2D eigenvalue weighted by atomic mass is 28.4. The van der Waals surface area contributed by atoms with E-state index < -0.39 is 66.7 Å². The van der Waals surface area contributed by atoms with E-state index in [1.807, 2.05) is 0 Å². The fourth-order valence-electron chi connectivity index (χ4n) is 0.750. The van der Waals surface area contributed by atoms with Gasteiger partial charge in [-0.25, -0.2) is 0 Å². The molecule has 0 fully saturated rings. The van der Waals surface area contributed by atoms with Gasteiger partial charge in [0, 0.05) is 0 Å². The maximum absolute atomic E-state index is 5.68. The first-order chi connectivity index (χ1) is 8.71. The molecule has 0 saturated heterocycles. The summed E-state index contributed by atoms with van der Waals surface area (Å²) in [6, 6.07) is 0. The number of hydrogen-bond acceptors (Lipinski definition) is 6. The quantitative estimate of drug-likeness (QED) is 0.276. The van der Waals surface area contributed by atoms with Gasteiger partial charge in [0.25, 0.3) is 50.0 Å². The average molecular weight is 393 g/mol. The molecule has 0 spiro atoms. The first-order valence-electron chi connectivity index (χ1n) is 6.29. The summed E-state index contributed by atoms with van der Waals surface area (Å²) in [5.74, 6) is 0. The Balaban J connectivity index is 3.12. The van der Waals surface area contributed by atoms with Crippen LogP contribution in [-0.4, -0.2) is 66.7 Å². The lowest BCUT2D eigenvalue weighted by Crippen LogP contribution is -2.30. The molecule has 0 amide bonds. The lowest BCUT2D eigenvalue weighted by Gasteiger charge is -2.17. The van der Waals surface area contributed by atoms with Crippen molar-refractivity contribution in [3.05, 3.63) is 0 Å². The summed E-state index contributed by atoms with van der Waals surface area (Å²) < 4.78 is 33.2. The van der Waals surface area contributed by atoms with Crippen LogP contribution < -0.4 is 0 Å². The molecule has 116 valence electrons. The molecule has 0 N–H and O–H groups in total. The molecular weight excluding hydrogens is 365 g/mol. The van der Waals surface area contributed by atoms with Crippen LogP contribution >= 0.6 is 0 Å². The minimum atomic E-state index is -1.40. The lowest BCUT2D eigenvalue weighted by atomic mass is 11.8. The van der Waals surface area contributed by atoms with Crippen LogP contribution in [0.4, 0.5) is 0 Å². The van der Waals surface area contributed by atoms with Crippen molar-refractivity contribution in [2.75, 3.05) is 0 Å². The van der Waals surface area contributed by atoms with Crippen LogP contribution in [0.25, 0.3) is 0 Å². The second-order valence-electron chi connectivity index (χ2n) is 5.92. The molecular formula is C6H28O6Si7. The highest BCUT2D eigenvalue weighted by Gasteiger charge is 2.13. The molecule has 0 heterocycles. The SMILES string of the molecule is C[Si](C)(C)O[SiH2]O[SiH2]O[SiH2]O[SiH2]O[SiH2]O[Si](C)(C)C. The van der Waals surface area contributed by atoms with Crippen molar-refractivity contribution in [3.8, 4) is 0 Å². The Morgan fingerprint density at radius 2 is 0.737 bits per heavy atom. The van der Waals surface area contributed by atoms with Gasteiger partial charge in [-0.2, -0.15) is 0 Å². The van der Waals surface area contributed by atoms with Gasteiger partial charge in [0.2, 0.25) is 0 Å². The Bertz CT molecular complexity index is 197. The van der Waals surface area contributed by atoms with Gasteiger partial charge in [0.15, 0.2) is 16.6 Å². The first kappa shape index (κ1) is 20.3. The van der Waals surface area contributed by atoms with Gasteiger partial charge in [-0.15, -0.1) is 0 Å². The van der Waals surface area contributed by atoms with E-state index in [-0.39, 0.29) is 0 Å². The van der Waals surface area contributed by atoms with Crippen molar-refractivity contribution in [1.82, 2.24) is 0 Å². The van der Waals surface area contributed by atoms with E-state index >= 15 is 0 Å². The molecule has 0 radical (unpaired) electrons. The molecule has 0 rings (SSSR count). The van der Waals surface area contributed by atoms with Crippen molar-refractivity contribution in [2.45, 2.75) is 39.3 Å². The predicted molar refractivity (Wildman–Crippen MR) is 95.9 cm³/mol. The zero-order valence-corrected chi connectivity index (χ0v) is 22.1. The Morgan fingerprint density at radius 1 is 0.474 bits per heavy atom. The van der Waals surface area contributed by atoms with Crippen molar-refractivity contribution >= 4 is 66.7 Å². The van der Waals surface area contributed by atoms with Crippen LogP contribution in [0.5, 0.6) is 0 Å². The third-order valence-corrected chi connectivity index (χ3v) is 14.9. The first-order valence-corrected chi connectivity index (χ1v) is 18.9. The molecule has 0 aromatic heterocycles. The maximum Gasteiger partial charge on any atom is 0.286 e. The van der Waals surface area contributed by atoms with Crippen molar-refractivity contribution < 1.29 is 24.7 Å². The minimum Gasteiger partial charge on any atom is -0.441 e. The molecule has 6 nitrogen and oxygen atoms in total. The molecule has 0 aliphatic carbocycles. The largest absolute Gasteiger partial charge is 0.441 e. The minimum absolute atomic E-state index is 0.820. The summed E-state index contributed by atoms with van der Waals surface area (Å²) in [4.78, 5) is 0. The topological polar surface area (TPSA) is 55.4 Å². The Labute approximate surface area is 130 Å². The van der Waals surface area contributed by atoms with Gasteiger partial charge >= 0.3 is 0 Å². The summed E-state index contributed by atoms with van der Waals surface area (Å²) >= 11 is 0. The third-order valence-electron chi connectivity index (χ3n) is 1.65. The lowest BCUT2D eigenvalue weighted by molar-refractivity contribution is 0.374. The highest BCUT2D eigenvalue weighted by molar-refractivity contribution is 6.74. The third kappa shape index (κ3) is 19.3. The van der Waals surface area contributed by atoms with Crippen molar-refractivity contribution in [2.24, 2.45) is 0 Å². The van der Waals surface area contributed by atoms with E-state index in [9.17, 15) is 0 Å². The summed E-state index contributed by atoms with van der Waals surface area (Å²) in [7, 11) is -7.06. The van der Waals surface area contributed by atoms with Gasteiger partial charge in [-0.05, 0) is 39.3 Å². The molecule has 0 aliphatic heterocycles. The van der Waals surface area contributed by atoms with E-state index in [2.05, 4.69) is 39.3 Å². The van der Waals surface area contributed by atoms with Gasteiger partial charge in [-0.1, -0.05) is 0 Å². The highest BCUT2D eigenvalue weighted by Crippen LogP contribution is 2.00. The molecule has 0 aromatic rings. The average Bonchev–Trinajstić information content (AvgIpc) is 2.22. The Morgan fingerprint density at radius 3 is 1.00 bits per heavy atom. The van der Waals surface area contributed by atoms with Crippen LogP contribution in [0.15, 0.2) is 0 Å². The maximum atomic E-state index is 5.68. The number of hydrogen-bond donors (Lipinski definition) is 0. The van der Waals surface area contributed by atoms with Gasteiger partial charge in [0.05, 0.1) is 0 Å². The fourth-order valence-corrected chi connectivity index (χ4v) is 11.4. The zero-order valence-electron chi connectivity index (χ0n) is 13.0. The van der Waals surface area contributed by atoms with Crippen LogP contribution in [0, 0.1) is 0 Å². The van der Waals surface area contributed by atoms with E-state index in [0.717, 1.165) is 0 Å². The second-order valence-corrected chi connectivity index (χ2v) is 24.4. The smallest absolute Gasteiger partial charge is 0.286 e.